The summed E-state index contributed by atoms with van der Waals surface area (Å²) in [6.07, 6.45) is 5.51. The molecule has 2 rings (SSSR count). The van der Waals surface area contributed by atoms with E-state index in [9.17, 15) is 4.79 Å². The minimum atomic E-state index is 0.0759. The van der Waals surface area contributed by atoms with Gasteiger partial charge in [0.15, 0.2) is 5.82 Å². The van der Waals surface area contributed by atoms with Crippen LogP contribution in [0.1, 0.15) is 32.6 Å². The Morgan fingerprint density at radius 3 is 2.76 bits per heavy atom. The quantitative estimate of drug-likeness (QED) is 0.724. The van der Waals surface area contributed by atoms with Gasteiger partial charge in [0.2, 0.25) is 5.91 Å². The highest BCUT2D eigenvalue weighted by Gasteiger charge is 2.27. The van der Waals surface area contributed by atoms with Gasteiger partial charge in [-0.15, -0.1) is 0 Å². The van der Waals surface area contributed by atoms with Crippen LogP contribution >= 0.6 is 0 Å². The molecule has 1 aliphatic rings. The zero-order valence-corrected chi connectivity index (χ0v) is 12.6. The van der Waals surface area contributed by atoms with E-state index < -0.39 is 0 Å². The summed E-state index contributed by atoms with van der Waals surface area (Å²) < 4.78 is 0. The predicted octanol–water partition coefficient (Wildman–Crippen LogP) is 2.15. The highest BCUT2D eigenvalue weighted by Crippen LogP contribution is 2.31. The number of carbonyl (C=O) groups excluding carboxylic acids is 1. The third kappa shape index (κ3) is 4.41. The van der Waals surface area contributed by atoms with Crippen molar-refractivity contribution >= 4 is 17.4 Å². The molecular formula is C15H24N4O2. The number of rotatable bonds is 5. The van der Waals surface area contributed by atoms with Crippen LogP contribution in [0.15, 0.2) is 18.3 Å². The van der Waals surface area contributed by atoms with Crippen molar-refractivity contribution in [2.75, 3.05) is 17.9 Å². The predicted molar refractivity (Wildman–Crippen MR) is 82.6 cm³/mol. The van der Waals surface area contributed by atoms with E-state index in [1.807, 2.05) is 6.92 Å². The van der Waals surface area contributed by atoms with Crippen molar-refractivity contribution in [3.8, 4) is 0 Å². The fraction of sp³-hybridized carbons (Fsp3) is 0.600. The molecule has 116 valence electrons. The first-order valence-electron chi connectivity index (χ1n) is 7.41. The maximum atomic E-state index is 12.3. The largest absolute Gasteiger partial charge is 0.328 e. The summed E-state index contributed by atoms with van der Waals surface area (Å²) in [5, 5.41) is 2.95. The van der Waals surface area contributed by atoms with E-state index in [-0.39, 0.29) is 17.9 Å². The summed E-state index contributed by atoms with van der Waals surface area (Å²) in [6, 6.07) is 3.73. The van der Waals surface area contributed by atoms with Crippen LogP contribution in [-0.2, 0) is 9.63 Å². The summed E-state index contributed by atoms with van der Waals surface area (Å²) in [6.45, 7) is 2.05. The van der Waals surface area contributed by atoms with Crippen LogP contribution in [0.4, 0.5) is 11.5 Å². The van der Waals surface area contributed by atoms with Crippen molar-refractivity contribution in [2.24, 2.45) is 17.6 Å². The normalized spacial score (nSPS) is 23.4. The first kappa shape index (κ1) is 15.7. The van der Waals surface area contributed by atoms with E-state index in [4.69, 9.17) is 10.6 Å². The average molecular weight is 292 g/mol. The van der Waals surface area contributed by atoms with Crippen LogP contribution in [0, 0.1) is 11.8 Å². The number of carbonyl (C=O) groups is 1. The zero-order valence-electron chi connectivity index (χ0n) is 12.6. The van der Waals surface area contributed by atoms with E-state index in [0.717, 1.165) is 31.4 Å². The molecule has 1 amide bonds. The Balaban J connectivity index is 1.89. The second-order valence-corrected chi connectivity index (χ2v) is 5.70. The Morgan fingerprint density at radius 1 is 1.43 bits per heavy atom. The van der Waals surface area contributed by atoms with E-state index in [2.05, 4.69) is 15.8 Å². The van der Waals surface area contributed by atoms with Crippen LogP contribution in [0.5, 0.6) is 0 Å². The zero-order chi connectivity index (χ0) is 15.2. The molecule has 0 spiro atoms. The highest BCUT2D eigenvalue weighted by atomic mass is 16.6. The Labute approximate surface area is 125 Å². The SMILES string of the molecule is CONc1cc(NC(=O)C2CCC(C(C)N)CC2)ccn1. The van der Waals surface area contributed by atoms with Crippen molar-refractivity contribution in [3.05, 3.63) is 18.3 Å². The van der Waals surface area contributed by atoms with Crippen molar-refractivity contribution < 1.29 is 9.63 Å². The number of amides is 1. The smallest absolute Gasteiger partial charge is 0.227 e. The first-order chi connectivity index (χ1) is 10.1. The van der Waals surface area contributed by atoms with Gasteiger partial charge in [0.05, 0.1) is 7.11 Å². The van der Waals surface area contributed by atoms with Crippen molar-refractivity contribution in [1.82, 2.24) is 4.98 Å². The van der Waals surface area contributed by atoms with Crippen LogP contribution in [0.2, 0.25) is 0 Å². The first-order valence-corrected chi connectivity index (χ1v) is 7.41. The number of nitrogens with zero attached hydrogens (tertiary/aromatic N) is 1. The van der Waals surface area contributed by atoms with Crippen LogP contribution in [0.3, 0.4) is 0 Å². The van der Waals surface area contributed by atoms with Crippen molar-refractivity contribution in [3.63, 3.8) is 0 Å². The van der Waals surface area contributed by atoms with Gasteiger partial charge in [0, 0.05) is 29.9 Å². The summed E-state index contributed by atoms with van der Waals surface area (Å²) >= 11 is 0. The molecule has 0 radical (unpaired) electrons. The molecule has 6 heteroatoms. The molecule has 1 heterocycles. The van der Waals surface area contributed by atoms with Crippen LogP contribution in [-0.4, -0.2) is 24.0 Å². The molecule has 1 aromatic heterocycles. The molecule has 0 aliphatic heterocycles. The van der Waals surface area contributed by atoms with E-state index >= 15 is 0 Å². The number of nitrogens with one attached hydrogen (secondary N) is 2. The number of hydrogen-bond donors (Lipinski definition) is 3. The molecule has 21 heavy (non-hydrogen) atoms. The average Bonchev–Trinajstić information content (AvgIpc) is 2.48. The Morgan fingerprint density at radius 2 is 2.14 bits per heavy atom. The monoisotopic (exact) mass is 292 g/mol. The lowest BCUT2D eigenvalue weighted by Crippen LogP contribution is -2.33. The van der Waals surface area contributed by atoms with Gasteiger partial charge in [-0.25, -0.2) is 10.5 Å². The van der Waals surface area contributed by atoms with Gasteiger partial charge < -0.3 is 11.1 Å². The van der Waals surface area contributed by atoms with Crippen LogP contribution < -0.4 is 16.5 Å². The van der Waals surface area contributed by atoms with E-state index in [1.54, 1.807) is 18.3 Å². The minimum absolute atomic E-state index is 0.0759. The molecule has 1 fully saturated rings. The lowest BCUT2D eigenvalue weighted by Gasteiger charge is -2.29. The van der Waals surface area contributed by atoms with Gasteiger partial charge in [-0.2, -0.15) is 0 Å². The number of nitrogens with two attached hydrogens (primary N) is 1. The lowest BCUT2D eigenvalue weighted by molar-refractivity contribution is -0.121. The fourth-order valence-electron chi connectivity index (χ4n) is 2.82. The Kier molecular flexibility index (Phi) is 5.52. The molecule has 6 nitrogen and oxygen atoms in total. The highest BCUT2D eigenvalue weighted by molar-refractivity contribution is 5.92. The molecule has 0 saturated heterocycles. The minimum Gasteiger partial charge on any atom is -0.328 e. The second-order valence-electron chi connectivity index (χ2n) is 5.70. The summed E-state index contributed by atoms with van der Waals surface area (Å²) in [4.78, 5) is 21.2. The maximum absolute atomic E-state index is 12.3. The van der Waals surface area contributed by atoms with Crippen molar-refractivity contribution in [2.45, 2.75) is 38.6 Å². The van der Waals surface area contributed by atoms with Crippen molar-refractivity contribution in [1.29, 1.82) is 0 Å². The second kappa shape index (κ2) is 7.38. The molecule has 0 bridgehead atoms. The number of aromatic nitrogens is 1. The van der Waals surface area contributed by atoms with Gasteiger partial charge in [0.25, 0.3) is 0 Å². The summed E-state index contributed by atoms with van der Waals surface area (Å²) in [5.41, 5.74) is 9.30. The molecule has 1 aromatic rings. The van der Waals surface area contributed by atoms with Gasteiger partial charge in [-0.1, -0.05) is 0 Å². The topological polar surface area (TPSA) is 89.3 Å². The van der Waals surface area contributed by atoms with Gasteiger partial charge in [-0.05, 0) is 44.6 Å². The number of hydrogen-bond acceptors (Lipinski definition) is 5. The molecule has 0 aromatic carbocycles. The van der Waals surface area contributed by atoms with Gasteiger partial charge in [-0.3, -0.25) is 9.63 Å². The van der Waals surface area contributed by atoms with Gasteiger partial charge in [0.1, 0.15) is 0 Å². The summed E-state index contributed by atoms with van der Waals surface area (Å²) in [5.74, 6) is 1.27. The van der Waals surface area contributed by atoms with E-state index in [1.165, 1.54) is 7.11 Å². The molecule has 4 N–H and O–H groups in total. The van der Waals surface area contributed by atoms with Gasteiger partial charge >= 0.3 is 0 Å². The number of anilines is 2. The Bertz CT molecular complexity index is 470. The molecular weight excluding hydrogens is 268 g/mol. The number of pyridine rings is 1. The summed E-state index contributed by atoms with van der Waals surface area (Å²) in [7, 11) is 1.52. The third-order valence-corrected chi connectivity index (χ3v) is 4.12. The van der Waals surface area contributed by atoms with E-state index in [0.29, 0.717) is 11.7 Å². The molecule has 1 unspecified atom stereocenters. The Hall–Kier alpha value is -1.66. The molecule has 1 atom stereocenters. The maximum Gasteiger partial charge on any atom is 0.227 e. The standard InChI is InChI=1S/C15H24N4O2/c1-10(16)11-3-5-12(6-4-11)15(20)18-13-7-8-17-14(9-13)19-21-2/h7-12H,3-6,16H2,1-2H3,(H2,17,18,19,20). The van der Waals surface area contributed by atoms with Crippen LogP contribution in [0.25, 0.3) is 0 Å². The lowest BCUT2D eigenvalue weighted by atomic mass is 9.79. The third-order valence-electron chi connectivity index (χ3n) is 4.12. The fourth-order valence-corrected chi connectivity index (χ4v) is 2.82. The molecule has 1 saturated carbocycles. The molecule has 1 aliphatic carbocycles.